The minimum absolute atomic E-state index is 0.0263. The minimum Gasteiger partial charge on any atom is -0.495 e. The van der Waals surface area contributed by atoms with E-state index in [4.69, 9.17) is 4.74 Å². The summed E-state index contributed by atoms with van der Waals surface area (Å²) in [6, 6.07) is 9.02. The number of carbonyl (C=O) groups excluding carboxylic acids is 1. The number of allylic oxidation sites excluding steroid dienone is 3. The molecule has 5 nitrogen and oxygen atoms in total. The van der Waals surface area contributed by atoms with Gasteiger partial charge in [0.1, 0.15) is 17.4 Å². The van der Waals surface area contributed by atoms with Gasteiger partial charge < -0.3 is 15.0 Å². The zero-order valence-corrected chi connectivity index (χ0v) is 12.8. The summed E-state index contributed by atoms with van der Waals surface area (Å²) in [6.45, 7) is 4.19. The lowest BCUT2D eigenvalue weighted by atomic mass is 10.1. The minimum atomic E-state index is -0.485. The summed E-state index contributed by atoms with van der Waals surface area (Å²) in [5.41, 5.74) is 1.07. The summed E-state index contributed by atoms with van der Waals surface area (Å²) >= 11 is 0. The second-order valence-electron chi connectivity index (χ2n) is 4.67. The molecule has 0 saturated carbocycles. The Hall–Kier alpha value is -3.26. The van der Waals surface area contributed by atoms with E-state index < -0.39 is 5.91 Å². The highest BCUT2D eigenvalue weighted by Gasteiger charge is 2.19. The number of methoxy groups -OCH3 is 1. The van der Waals surface area contributed by atoms with Crippen molar-refractivity contribution in [2.45, 2.75) is 0 Å². The largest absolute Gasteiger partial charge is 0.495 e. The van der Waals surface area contributed by atoms with Crippen LogP contribution in [0.4, 0.5) is 5.69 Å². The molecule has 0 aliphatic carbocycles. The average Bonchev–Trinajstić information content (AvgIpc) is 2.58. The summed E-state index contributed by atoms with van der Waals surface area (Å²) < 4.78 is 5.20. The van der Waals surface area contributed by atoms with Gasteiger partial charge in [0.05, 0.1) is 18.5 Å². The SMILES string of the molecule is C=CCN1C=CC=C/C1=C(/C#N)C(=O)Nc1ccccc1OC. The van der Waals surface area contributed by atoms with E-state index in [-0.39, 0.29) is 5.57 Å². The summed E-state index contributed by atoms with van der Waals surface area (Å²) in [7, 11) is 1.52. The van der Waals surface area contributed by atoms with Crippen LogP contribution in [0.15, 0.2) is 72.6 Å². The highest BCUT2D eigenvalue weighted by Crippen LogP contribution is 2.24. The highest BCUT2D eigenvalue weighted by atomic mass is 16.5. The van der Waals surface area contributed by atoms with Crippen LogP contribution in [0.25, 0.3) is 0 Å². The summed E-state index contributed by atoms with van der Waals surface area (Å²) in [4.78, 5) is 14.3. The number of carbonyl (C=O) groups is 1. The number of hydrogen-bond acceptors (Lipinski definition) is 4. The van der Waals surface area contributed by atoms with Crippen LogP contribution in [-0.2, 0) is 4.79 Å². The number of benzene rings is 1. The molecule has 5 heteroatoms. The van der Waals surface area contributed by atoms with Crippen LogP contribution in [-0.4, -0.2) is 24.5 Å². The maximum atomic E-state index is 12.5. The van der Waals surface area contributed by atoms with Gasteiger partial charge >= 0.3 is 0 Å². The maximum Gasteiger partial charge on any atom is 0.268 e. The zero-order chi connectivity index (χ0) is 16.7. The molecular formula is C18H17N3O2. The van der Waals surface area contributed by atoms with Crippen molar-refractivity contribution in [2.75, 3.05) is 19.0 Å². The van der Waals surface area contributed by atoms with Crippen LogP contribution in [0.1, 0.15) is 0 Å². The Bertz CT molecular complexity index is 739. The van der Waals surface area contributed by atoms with E-state index in [9.17, 15) is 10.1 Å². The van der Waals surface area contributed by atoms with Gasteiger partial charge in [-0.1, -0.05) is 24.3 Å². The fourth-order valence-electron chi connectivity index (χ4n) is 2.16. The summed E-state index contributed by atoms with van der Waals surface area (Å²) in [5, 5.41) is 12.1. The monoisotopic (exact) mass is 307 g/mol. The number of ether oxygens (including phenoxy) is 1. The molecule has 1 aromatic carbocycles. The molecule has 0 spiro atoms. The van der Waals surface area contributed by atoms with Crippen LogP contribution in [0.5, 0.6) is 5.75 Å². The Morgan fingerprint density at radius 1 is 1.43 bits per heavy atom. The molecule has 0 atom stereocenters. The Kier molecular flexibility index (Phi) is 5.37. The number of para-hydroxylation sites is 2. The molecule has 0 radical (unpaired) electrons. The second-order valence-corrected chi connectivity index (χ2v) is 4.67. The van der Waals surface area contributed by atoms with Gasteiger partial charge in [0, 0.05) is 12.7 Å². The van der Waals surface area contributed by atoms with E-state index in [1.54, 1.807) is 53.6 Å². The van der Waals surface area contributed by atoms with Crippen molar-refractivity contribution < 1.29 is 9.53 Å². The third-order valence-corrected chi connectivity index (χ3v) is 3.22. The molecule has 1 amide bonds. The van der Waals surface area contributed by atoms with Gasteiger partial charge in [0.25, 0.3) is 5.91 Å². The fraction of sp³-hybridized carbons (Fsp3) is 0.111. The Morgan fingerprint density at radius 3 is 2.91 bits per heavy atom. The molecule has 1 heterocycles. The third kappa shape index (κ3) is 3.69. The van der Waals surface area contributed by atoms with Gasteiger partial charge in [-0.2, -0.15) is 5.26 Å². The van der Waals surface area contributed by atoms with Crippen molar-refractivity contribution in [1.29, 1.82) is 5.26 Å². The molecule has 0 saturated heterocycles. The number of nitrogens with one attached hydrogen (secondary N) is 1. The van der Waals surface area contributed by atoms with Gasteiger partial charge in [-0.15, -0.1) is 6.58 Å². The Labute approximate surface area is 135 Å². The first-order valence-electron chi connectivity index (χ1n) is 7.02. The molecule has 23 heavy (non-hydrogen) atoms. The lowest BCUT2D eigenvalue weighted by molar-refractivity contribution is -0.112. The van der Waals surface area contributed by atoms with Gasteiger partial charge in [-0.05, 0) is 24.3 Å². The predicted octanol–water partition coefficient (Wildman–Crippen LogP) is 2.98. The number of nitriles is 1. The Morgan fingerprint density at radius 2 is 2.22 bits per heavy atom. The van der Waals surface area contributed by atoms with Crippen LogP contribution in [0.2, 0.25) is 0 Å². The van der Waals surface area contributed by atoms with E-state index in [0.29, 0.717) is 23.7 Å². The van der Waals surface area contributed by atoms with Crippen LogP contribution >= 0.6 is 0 Å². The molecule has 0 fully saturated rings. The van der Waals surface area contributed by atoms with Crippen molar-refractivity contribution in [1.82, 2.24) is 4.90 Å². The number of anilines is 1. The van der Waals surface area contributed by atoms with E-state index in [1.165, 1.54) is 7.11 Å². The van der Waals surface area contributed by atoms with E-state index in [2.05, 4.69) is 11.9 Å². The molecule has 0 aromatic heterocycles. The van der Waals surface area contributed by atoms with E-state index in [0.717, 1.165) is 0 Å². The topological polar surface area (TPSA) is 65.4 Å². The quantitative estimate of drug-likeness (QED) is 0.516. The molecule has 1 aliphatic heterocycles. The summed E-state index contributed by atoms with van der Waals surface area (Å²) in [6.07, 6.45) is 8.84. The highest BCUT2D eigenvalue weighted by molar-refractivity contribution is 6.08. The van der Waals surface area contributed by atoms with Gasteiger partial charge in [0.2, 0.25) is 0 Å². The molecule has 1 aliphatic rings. The molecule has 0 bridgehead atoms. The number of hydrogen-bond donors (Lipinski definition) is 1. The zero-order valence-electron chi connectivity index (χ0n) is 12.8. The van der Waals surface area contributed by atoms with Crippen molar-refractivity contribution in [3.05, 3.63) is 72.6 Å². The first kappa shape index (κ1) is 16.1. The van der Waals surface area contributed by atoms with Gasteiger partial charge in [0.15, 0.2) is 0 Å². The molecule has 1 N–H and O–H groups in total. The van der Waals surface area contributed by atoms with Crippen molar-refractivity contribution in [2.24, 2.45) is 0 Å². The number of rotatable bonds is 5. The normalized spacial score (nSPS) is 14.9. The van der Waals surface area contributed by atoms with Crippen molar-refractivity contribution >= 4 is 11.6 Å². The number of amides is 1. The second kappa shape index (κ2) is 7.66. The maximum absolute atomic E-state index is 12.5. The van der Waals surface area contributed by atoms with E-state index in [1.807, 2.05) is 12.1 Å². The fourth-order valence-corrected chi connectivity index (χ4v) is 2.16. The van der Waals surface area contributed by atoms with Crippen molar-refractivity contribution in [3.63, 3.8) is 0 Å². The molecular weight excluding hydrogens is 290 g/mol. The first-order valence-corrected chi connectivity index (χ1v) is 7.02. The van der Waals surface area contributed by atoms with Crippen LogP contribution in [0, 0.1) is 11.3 Å². The lowest BCUT2D eigenvalue weighted by Gasteiger charge is -2.23. The average molecular weight is 307 g/mol. The standard InChI is InChI=1S/C18H17N3O2/c1-3-11-21-12-7-6-9-16(21)14(13-19)18(22)20-15-8-4-5-10-17(15)23-2/h3-10,12H,1,11H2,2H3,(H,20,22)/b16-14+. The van der Waals surface area contributed by atoms with Crippen LogP contribution < -0.4 is 10.1 Å². The molecule has 2 rings (SSSR count). The van der Waals surface area contributed by atoms with Crippen LogP contribution in [0.3, 0.4) is 0 Å². The summed E-state index contributed by atoms with van der Waals surface area (Å²) in [5.74, 6) is 0.0474. The van der Waals surface area contributed by atoms with Gasteiger partial charge in [-0.3, -0.25) is 4.79 Å². The number of nitrogens with zero attached hydrogens (tertiary/aromatic N) is 2. The van der Waals surface area contributed by atoms with Crippen molar-refractivity contribution in [3.8, 4) is 11.8 Å². The molecule has 116 valence electrons. The van der Waals surface area contributed by atoms with Gasteiger partial charge in [-0.25, -0.2) is 0 Å². The lowest BCUT2D eigenvalue weighted by Crippen LogP contribution is -2.23. The molecule has 1 aromatic rings. The Balaban J connectivity index is 2.33. The van der Waals surface area contributed by atoms with E-state index >= 15 is 0 Å². The smallest absolute Gasteiger partial charge is 0.268 e. The first-order chi connectivity index (χ1) is 11.2. The third-order valence-electron chi connectivity index (χ3n) is 3.22. The predicted molar refractivity (Wildman–Crippen MR) is 89.4 cm³/mol. The molecule has 0 unspecified atom stereocenters.